The maximum atomic E-state index is 12.4. The summed E-state index contributed by atoms with van der Waals surface area (Å²) in [4.78, 5) is 15.5. The Bertz CT molecular complexity index is 575. The van der Waals surface area contributed by atoms with Crippen LogP contribution in [0.4, 0.5) is 0 Å². The molecule has 0 bridgehead atoms. The van der Waals surface area contributed by atoms with Gasteiger partial charge in [0.25, 0.3) is 5.91 Å². The van der Waals surface area contributed by atoms with E-state index in [2.05, 4.69) is 17.2 Å². The van der Waals surface area contributed by atoms with Crippen LogP contribution in [0.3, 0.4) is 0 Å². The third-order valence-corrected chi connectivity index (χ3v) is 4.20. The van der Waals surface area contributed by atoms with Crippen molar-refractivity contribution >= 4 is 16.8 Å². The predicted molar refractivity (Wildman–Crippen MR) is 72.6 cm³/mol. The highest BCUT2D eigenvalue weighted by Gasteiger charge is 2.36. The van der Waals surface area contributed by atoms with Gasteiger partial charge < -0.3 is 10.3 Å². The van der Waals surface area contributed by atoms with Gasteiger partial charge in [-0.15, -0.1) is 0 Å². The van der Waals surface area contributed by atoms with Crippen LogP contribution in [0, 0.1) is 0 Å². The zero-order valence-electron chi connectivity index (χ0n) is 10.6. The number of aromatic nitrogens is 1. The smallest absolute Gasteiger partial charge is 0.253 e. The highest BCUT2D eigenvalue weighted by Crippen LogP contribution is 2.35. The van der Waals surface area contributed by atoms with Gasteiger partial charge in [-0.25, -0.2) is 0 Å². The lowest BCUT2D eigenvalue weighted by Gasteiger charge is -2.42. The molecular formula is C15H18N2O. The SMILES string of the molecule is CCC1(NC(=O)c2cccc3cc[nH]c23)CCC1. The molecule has 0 spiro atoms. The summed E-state index contributed by atoms with van der Waals surface area (Å²) in [6.07, 6.45) is 6.33. The monoisotopic (exact) mass is 242 g/mol. The highest BCUT2D eigenvalue weighted by atomic mass is 16.1. The molecule has 1 aliphatic carbocycles. The molecule has 1 fully saturated rings. The average Bonchev–Trinajstić information content (AvgIpc) is 2.81. The standard InChI is InChI=1S/C15H18N2O/c1-2-15(8-4-9-15)17-14(18)12-6-3-5-11-7-10-16-13(11)12/h3,5-7,10,16H,2,4,8-9H2,1H3,(H,17,18). The maximum Gasteiger partial charge on any atom is 0.253 e. The topological polar surface area (TPSA) is 44.9 Å². The molecule has 1 saturated carbocycles. The van der Waals surface area contributed by atoms with Crippen molar-refractivity contribution < 1.29 is 4.79 Å². The largest absolute Gasteiger partial charge is 0.361 e. The molecule has 2 N–H and O–H groups in total. The molecule has 3 heteroatoms. The van der Waals surface area contributed by atoms with E-state index in [1.54, 1.807) is 0 Å². The molecule has 3 nitrogen and oxygen atoms in total. The zero-order valence-corrected chi connectivity index (χ0v) is 10.6. The van der Waals surface area contributed by atoms with Crippen molar-refractivity contribution in [3.63, 3.8) is 0 Å². The molecule has 94 valence electrons. The Morgan fingerprint density at radius 3 is 2.89 bits per heavy atom. The minimum Gasteiger partial charge on any atom is -0.361 e. The second-order valence-electron chi connectivity index (χ2n) is 5.19. The molecule has 1 amide bonds. The van der Waals surface area contributed by atoms with Gasteiger partial charge in [-0.3, -0.25) is 4.79 Å². The Balaban J connectivity index is 1.90. The van der Waals surface area contributed by atoms with Crippen LogP contribution in [0.25, 0.3) is 10.9 Å². The Hall–Kier alpha value is -1.77. The molecule has 1 aromatic heterocycles. The number of hydrogen-bond acceptors (Lipinski definition) is 1. The van der Waals surface area contributed by atoms with E-state index in [4.69, 9.17) is 0 Å². The average molecular weight is 242 g/mol. The summed E-state index contributed by atoms with van der Waals surface area (Å²) in [6.45, 7) is 2.15. The van der Waals surface area contributed by atoms with Gasteiger partial charge in [0.2, 0.25) is 0 Å². The Morgan fingerprint density at radius 1 is 1.39 bits per heavy atom. The van der Waals surface area contributed by atoms with E-state index in [1.165, 1.54) is 6.42 Å². The highest BCUT2D eigenvalue weighted by molar-refractivity contribution is 6.06. The molecule has 0 atom stereocenters. The molecule has 0 aliphatic heterocycles. The summed E-state index contributed by atoms with van der Waals surface area (Å²) in [5, 5.41) is 4.30. The number of hydrogen-bond donors (Lipinski definition) is 2. The first-order chi connectivity index (χ1) is 8.74. The molecule has 2 aromatic rings. The lowest BCUT2D eigenvalue weighted by atomic mass is 9.74. The first kappa shape index (κ1) is 11.3. The van der Waals surface area contributed by atoms with Gasteiger partial charge >= 0.3 is 0 Å². The number of fused-ring (bicyclic) bond motifs is 1. The molecule has 1 aliphatic rings. The van der Waals surface area contributed by atoms with E-state index in [0.717, 1.165) is 35.7 Å². The molecule has 1 heterocycles. The van der Waals surface area contributed by atoms with E-state index in [9.17, 15) is 4.79 Å². The molecular weight excluding hydrogens is 224 g/mol. The Morgan fingerprint density at radius 2 is 2.22 bits per heavy atom. The van der Waals surface area contributed by atoms with E-state index in [1.807, 2.05) is 30.5 Å². The third kappa shape index (κ3) is 1.70. The number of rotatable bonds is 3. The fourth-order valence-electron chi connectivity index (χ4n) is 2.75. The van der Waals surface area contributed by atoms with Crippen LogP contribution < -0.4 is 5.32 Å². The van der Waals surface area contributed by atoms with Crippen LogP contribution in [0.2, 0.25) is 0 Å². The third-order valence-electron chi connectivity index (χ3n) is 4.20. The van der Waals surface area contributed by atoms with Crippen molar-refractivity contribution in [1.29, 1.82) is 0 Å². The van der Waals surface area contributed by atoms with E-state index >= 15 is 0 Å². The minimum atomic E-state index is 0.0459. The van der Waals surface area contributed by atoms with Gasteiger partial charge in [-0.1, -0.05) is 19.1 Å². The predicted octanol–water partition coefficient (Wildman–Crippen LogP) is 3.23. The van der Waals surface area contributed by atoms with Crippen LogP contribution >= 0.6 is 0 Å². The summed E-state index contributed by atoms with van der Waals surface area (Å²) >= 11 is 0. The van der Waals surface area contributed by atoms with Crippen LogP contribution in [-0.2, 0) is 0 Å². The second-order valence-corrected chi connectivity index (χ2v) is 5.19. The molecule has 3 rings (SSSR count). The Labute approximate surface area is 107 Å². The molecule has 0 saturated heterocycles. The van der Waals surface area contributed by atoms with Gasteiger partial charge in [-0.2, -0.15) is 0 Å². The maximum absolute atomic E-state index is 12.4. The van der Waals surface area contributed by atoms with Gasteiger partial charge in [0, 0.05) is 17.1 Å². The van der Waals surface area contributed by atoms with Crippen molar-refractivity contribution in [3.05, 3.63) is 36.0 Å². The van der Waals surface area contributed by atoms with Crippen molar-refractivity contribution in [2.45, 2.75) is 38.1 Å². The molecule has 0 radical (unpaired) electrons. The number of para-hydroxylation sites is 1. The normalized spacial score (nSPS) is 17.4. The number of carbonyl (C=O) groups excluding carboxylic acids is 1. The van der Waals surface area contributed by atoms with Crippen molar-refractivity contribution in [3.8, 4) is 0 Å². The van der Waals surface area contributed by atoms with Crippen molar-refractivity contribution in [2.75, 3.05) is 0 Å². The lowest BCUT2D eigenvalue weighted by molar-refractivity contribution is 0.0822. The fraction of sp³-hybridized carbons (Fsp3) is 0.400. The molecule has 0 unspecified atom stereocenters. The van der Waals surface area contributed by atoms with E-state index in [-0.39, 0.29) is 11.4 Å². The van der Waals surface area contributed by atoms with Gasteiger partial charge in [0.05, 0.1) is 11.1 Å². The number of aromatic amines is 1. The Kier molecular flexibility index (Phi) is 2.62. The molecule has 18 heavy (non-hydrogen) atoms. The number of H-pyrrole nitrogens is 1. The summed E-state index contributed by atoms with van der Waals surface area (Å²) < 4.78 is 0. The van der Waals surface area contributed by atoms with Crippen molar-refractivity contribution in [1.82, 2.24) is 10.3 Å². The summed E-state index contributed by atoms with van der Waals surface area (Å²) in [5.41, 5.74) is 1.73. The summed E-state index contributed by atoms with van der Waals surface area (Å²) in [7, 11) is 0. The van der Waals surface area contributed by atoms with Gasteiger partial charge in [-0.05, 0) is 37.8 Å². The fourth-order valence-corrected chi connectivity index (χ4v) is 2.75. The number of amides is 1. The second kappa shape index (κ2) is 4.16. The quantitative estimate of drug-likeness (QED) is 0.852. The van der Waals surface area contributed by atoms with Crippen LogP contribution in [0.15, 0.2) is 30.5 Å². The van der Waals surface area contributed by atoms with E-state index < -0.39 is 0 Å². The number of nitrogens with one attached hydrogen (secondary N) is 2. The first-order valence-corrected chi connectivity index (χ1v) is 6.63. The van der Waals surface area contributed by atoms with Crippen molar-refractivity contribution in [2.24, 2.45) is 0 Å². The lowest BCUT2D eigenvalue weighted by Crippen LogP contribution is -2.53. The van der Waals surface area contributed by atoms with Crippen LogP contribution in [-0.4, -0.2) is 16.4 Å². The van der Waals surface area contributed by atoms with Gasteiger partial charge in [0.1, 0.15) is 0 Å². The summed E-state index contributed by atoms with van der Waals surface area (Å²) in [6, 6.07) is 7.83. The zero-order chi connectivity index (χ0) is 12.6. The van der Waals surface area contributed by atoms with Crippen LogP contribution in [0.5, 0.6) is 0 Å². The molecule has 1 aromatic carbocycles. The van der Waals surface area contributed by atoms with Crippen LogP contribution in [0.1, 0.15) is 43.0 Å². The van der Waals surface area contributed by atoms with Gasteiger partial charge in [0.15, 0.2) is 0 Å². The number of benzene rings is 1. The minimum absolute atomic E-state index is 0.0459. The number of carbonyl (C=O) groups is 1. The summed E-state index contributed by atoms with van der Waals surface area (Å²) in [5.74, 6) is 0.0459. The van der Waals surface area contributed by atoms with E-state index in [0.29, 0.717) is 0 Å². The first-order valence-electron chi connectivity index (χ1n) is 6.63.